The second-order valence-electron chi connectivity index (χ2n) is 7.64. The summed E-state index contributed by atoms with van der Waals surface area (Å²) in [6, 6.07) is 13.2. The number of sulfonamides is 1. The Hall–Kier alpha value is -2.29. The number of benzene rings is 2. The number of hydrogen-bond acceptors (Lipinski definition) is 6. The Morgan fingerprint density at radius 2 is 1.65 bits per heavy atom. The quantitative estimate of drug-likeness (QED) is 0.532. The minimum Gasteiger partial charge on any atom is -0.495 e. The van der Waals surface area contributed by atoms with Gasteiger partial charge in [-0.15, -0.1) is 0 Å². The molecule has 0 aliphatic heterocycles. The number of primary sulfonamides is 1. The molecule has 0 aromatic heterocycles. The van der Waals surface area contributed by atoms with Crippen molar-refractivity contribution in [2.24, 2.45) is 5.14 Å². The van der Waals surface area contributed by atoms with Crippen LogP contribution in [0, 0.1) is 0 Å². The van der Waals surface area contributed by atoms with E-state index in [1.807, 2.05) is 37.3 Å². The maximum atomic E-state index is 11.9. The van der Waals surface area contributed by atoms with Crippen molar-refractivity contribution >= 4 is 10.0 Å². The summed E-state index contributed by atoms with van der Waals surface area (Å²) in [6.07, 6.45) is 0.667. The van der Waals surface area contributed by atoms with Gasteiger partial charge in [-0.2, -0.15) is 0 Å². The highest BCUT2D eigenvalue weighted by molar-refractivity contribution is 7.89. The monoisotopic (exact) mass is 450 g/mol. The molecule has 2 aromatic carbocycles. The summed E-state index contributed by atoms with van der Waals surface area (Å²) in [5.74, 6) is 1.72. The van der Waals surface area contributed by atoms with Gasteiger partial charge in [-0.3, -0.25) is 4.90 Å². The van der Waals surface area contributed by atoms with Crippen molar-refractivity contribution in [3.63, 3.8) is 0 Å². The van der Waals surface area contributed by atoms with Crippen LogP contribution in [0.2, 0.25) is 0 Å². The van der Waals surface area contributed by atoms with Gasteiger partial charge in [-0.25, -0.2) is 13.6 Å². The fourth-order valence-electron chi connectivity index (χ4n) is 3.62. The number of rotatable bonds is 12. The zero-order valence-corrected chi connectivity index (χ0v) is 19.8. The van der Waals surface area contributed by atoms with Gasteiger partial charge in [-0.05, 0) is 63.9 Å². The molecule has 0 aliphatic rings. The van der Waals surface area contributed by atoms with E-state index in [2.05, 4.69) is 25.7 Å². The van der Waals surface area contributed by atoms with Gasteiger partial charge in [-0.1, -0.05) is 18.2 Å². The van der Waals surface area contributed by atoms with Crippen molar-refractivity contribution in [3.05, 3.63) is 48.0 Å². The van der Waals surface area contributed by atoms with Crippen LogP contribution in [0.3, 0.4) is 0 Å². The Labute approximate surface area is 186 Å². The fraction of sp³-hybridized carbons (Fsp3) is 0.478. The first-order chi connectivity index (χ1) is 14.7. The topological polar surface area (TPSA) is 91.1 Å². The highest BCUT2D eigenvalue weighted by Gasteiger charge is 2.20. The molecule has 31 heavy (non-hydrogen) atoms. The van der Waals surface area contributed by atoms with E-state index >= 15 is 0 Å². The summed E-state index contributed by atoms with van der Waals surface area (Å²) >= 11 is 0. The molecule has 0 heterocycles. The largest absolute Gasteiger partial charge is 0.495 e. The van der Waals surface area contributed by atoms with Crippen molar-refractivity contribution in [2.45, 2.75) is 51.1 Å². The first-order valence-corrected chi connectivity index (χ1v) is 12.0. The normalized spacial score (nSPS) is 12.8. The van der Waals surface area contributed by atoms with E-state index in [4.69, 9.17) is 19.3 Å². The Balaban J connectivity index is 2.07. The van der Waals surface area contributed by atoms with Gasteiger partial charge in [0.15, 0.2) is 11.5 Å². The first-order valence-electron chi connectivity index (χ1n) is 10.5. The van der Waals surface area contributed by atoms with Gasteiger partial charge in [0.2, 0.25) is 10.0 Å². The maximum Gasteiger partial charge on any atom is 0.241 e. The first kappa shape index (κ1) is 25.0. The number of nitrogens with two attached hydrogens (primary N) is 1. The minimum atomic E-state index is -3.86. The highest BCUT2D eigenvalue weighted by atomic mass is 32.2. The van der Waals surface area contributed by atoms with E-state index in [1.165, 1.54) is 7.11 Å². The number of ether oxygens (including phenoxy) is 3. The second kappa shape index (κ2) is 11.4. The number of para-hydroxylation sites is 2. The van der Waals surface area contributed by atoms with Crippen molar-refractivity contribution < 1.29 is 22.6 Å². The van der Waals surface area contributed by atoms with E-state index in [1.54, 1.807) is 12.1 Å². The fourth-order valence-corrected chi connectivity index (χ4v) is 4.37. The maximum absolute atomic E-state index is 11.9. The minimum absolute atomic E-state index is 0.00617. The van der Waals surface area contributed by atoms with Gasteiger partial charge in [0.05, 0.1) is 13.7 Å². The van der Waals surface area contributed by atoms with Crippen LogP contribution in [0.25, 0.3) is 0 Å². The summed E-state index contributed by atoms with van der Waals surface area (Å²) in [5.41, 5.74) is 0.880. The summed E-state index contributed by atoms with van der Waals surface area (Å²) in [6.45, 7) is 10.1. The molecule has 2 rings (SSSR count). The van der Waals surface area contributed by atoms with Crippen LogP contribution in [0.4, 0.5) is 0 Å². The number of nitrogens with zero attached hydrogens (tertiary/aromatic N) is 1. The number of methoxy groups -OCH3 is 1. The van der Waals surface area contributed by atoms with Crippen LogP contribution in [0.15, 0.2) is 47.4 Å². The van der Waals surface area contributed by atoms with Gasteiger partial charge >= 0.3 is 0 Å². The lowest BCUT2D eigenvalue weighted by Gasteiger charge is -2.33. The van der Waals surface area contributed by atoms with Crippen LogP contribution in [-0.2, 0) is 16.4 Å². The Bertz CT molecular complexity index is 947. The predicted molar refractivity (Wildman–Crippen MR) is 122 cm³/mol. The van der Waals surface area contributed by atoms with Crippen LogP contribution < -0.4 is 19.3 Å². The van der Waals surface area contributed by atoms with Gasteiger partial charge in [0, 0.05) is 18.6 Å². The molecule has 0 saturated carbocycles. The van der Waals surface area contributed by atoms with Crippen molar-refractivity contribution in [1.82, 2.24) is 4.90 Å². The highest BCUT2D eigenvalue weighted by Crippen LogP contribution is 2.27. The van der Waals surface area contributed by atoms with E-state index in [-0.39, 0.29) is 22.7 Å². The molecule has 0 aliphatic carbocycles. The predicted octanol–water partition coefficient (Wildman–Crippen LogP) is 3.46. The average molecular weight is 451 g/mol. The van der Waals surface area contributed by atoms with Crippen LogP contribution >= 0.6 is 0 Å². The molecule has 1 atom stereocenters. The Morgan fingerprint density at radius 3 is 2.19 bits per heavy atom. The van der Waals surface area contributed by atoms with Gasteiger partial charge in [0.1, 0.15) is 17.3 Å². The van der Waals surface area contributed by atoms with Gasteiger partial charge < -0.3 is 14.2 Å². The van der Waals surface area contributed by atoms with Crippen LogP contribution in [0.5, 0.6) is 17.2 Å². The molecule has 0 saturated heterocycles. The van der Waals surface area contributed by atoms with E-state index in [0.717, 1.165) is 23.6 Å². The molecule has 7 nitrogen and oxygen atoms in total. The molecule has 2 N–H and O–H groups in total. The second-order valence-corrected chi connectivity index (χ2v) is 9.17. The van der Waals surface area contributed by atoms with E-state index in [0.29, 0.717) is 19.6 Å². The summed E-state index contributed by atoms with van der Waals surface area (Å²) in [4.78, 5) is 2.33. The molecule has 0 radical (unpaired) electrons. The molecule has 0 spiro atoms. The lowest BCUT2D eigenvalue weighted by atomic mass is 10.0. The van der Waals surface area contributed by atoms with Crippen LogP contribution in [-0.4, -0.2) is 52.3 Å². The third kappa shape index (κ3) is 7.12. The summed E-state index contributed by atoms with van der Waals surface area (Å²) in [7, 11) is -2.44. The molecule has 0 amide bonds. The van der Waals surface area contributed by atoms with E-state index < -0.39 is 10.0 Å². The molecule has 0 bridgehead atoms. The Morgan fingerprint density at radius 1 is 1.00 bits per heavy atom. The third-order valence-corrected chi connectivity index (χ3v) is 5.98. The molecular weight excluding hydrogens is 416 g/mol. The zero-order chi connectivity index (χ0) is 23.0. The smallest absolute Gasteiger partial charge is 0.241 e. The molecule has 2 aromatic rings. The summed E-state index contributed by atoms with van der Waals surface area (Å²) < 4.78 is 40.6. The number of hydrogen-bond donors (Lipinski definition) is 1. The molecule has 0 fully saturated rings. The summed E-state index contributed by atoms with van der Waals surface area (Å²) in [5, 5.41) is 5.35. The van der Waals surface area contributed by atoms with Crippen molar-refractivity contribution in [2.75, 3.05) is 26.9 Å². The van der Waals surface area contributed by atoms with Crippen molar-refractivity contribution in [3.8, 4) is 17.2 Å². The third-order valence-electron chi connectivity index (χ3n) is 5.05. The van der Waals surface area contributed by atoms with Crippen molar-refractivity contribution in [1.29, 1.82) is 0 Å². The lowest BCUT2D eigenvalue weighted by molar-refractivity contribution is 0.131. The standard InChI is InChI=1S/C23H34N2O5S/c1-6-29-20-9-7-8-10-21(20)30-14-13-25(17(2)3)18(4)15-19-11-12-22(28-5)23(16-19)31(24,26)27/h7-12,16-18H,6,13-15H2,1-5H3,(H2,24,26,27). The SMILES string of the molecule is CCOc1ccccc1OCCN(C(C)C)C(C)Cc1ccc(OC)c(S(N)(=O)=O)c1. The average Bonchev–Trinajstić information content (AvgIpc) is 2.71. The molecule has 172 valence electrons. The lowest BCUT2D eigenvalue weighted by Crippen LogP contribution is -2.42. The molecular formula is C23H34N2O5S. The molecule has 1 unspecified atom stereocenters. The zero-order valence-electron chi connectivity index (χ0n) is 19.0. The van der Waals surface area contributed by atoms with Crippen LogP contribution in [0.1, 0.15) is 33.3 Å². The Kier molecular flexibility index (Phi) is 9.15. The van der Waals surface area contributed by atoms with E-state index in [9.17, 15) is 8.42 Å². The van der Waals surface area contributed by atoms with Gasteiger partial charge in [0.25, 0.3) is 0 Å². The molecule has 8 heteroatoms.